The van der Waals surface area contributed by atoms with E-state index < -0.39 is 0 Å². The zero-order valence-electron chi connectivity index (χ0n) is 13.1. The van der Waals surface area contributed by atoms with Crippen LogP contribution in [-0.4, -0.2) is 6.54 Å². The molecule has 2 saturated carbocycles. The second-order valence-electron chi connectivity index (χ2n) is 6.47. The van der Waals surface area contributed by atoms with Gasteiger partial charge < -0.3 is 11.5 Å². The molecule has 2 nitrogen and oxygen atoms in total. The quantitative estimate of drug-likeness (QED) is 0.724. The second-order valence-corrected chi connectivity index (χ2v) is 6.47. The summed E-state index contributed by atoms with van der Waals surface area (Å²) in [5, 5.41) is 0. The van der Waals surface area contributed by atoms with E-state index >= 15 is 0 Å². The molecule has 0 aliphatic heterocycles. The number of hydrogen-bond acceptors (Lipinski definition) is 2. The molecule has 2 rings (SSSR count). The fraction of sp³-hybridized carbons (Fsp3) is 0.778. The Morgan fingerprint density at radius 2 is 1.30 bits per heavy atom. The summed E-state index contributed by atoms with van der Waals surface area (Å²) < 4.78 is 0. The van der Waals surface area contributed by atoms with Gasteiger partial charge in [0.15, 0.2) is 0 Å². The predicted octanol–water partition coefficient (Wildman–Crippen LogP) is 4.55. The van der Waals surface area contributed by atoms with E-state index in [2.05, 4.69) is 0 Å². The summed E-state index contributed by atoms with van der Waals surface area (Å²) in [6.45, 7) is 0.805. The number of allylic oxidation sites excluding steroid dienone is 3. The molecule has 0 heterocycles. The minimum Gasteiger partial charge on any atom is -0.399 e. The van der Waals surface area contributed by atoms with Crippen LogP contribution in [0.25, 0.3) is 0 Å². The standard InChI is InChI=1S/C18H32N2/c19-14-8-7-13-17(15-9-3-1-4-10-15)18(20)16-11-5-2-6-12-16/h1-14,19-20H2. The number of rotatable bonds is 5. The van der Waals surface area contributed by atoms with Crippen LogP contribution in [-0.2, 0) is 0 Å². The third kappa shape index (κ3) is 4.37. The van der Waals surface area contributed by atoms with Gasteiger partial charge in [-0.1, -0.05) is 18.4 Å². The van der Waals surface area contributed by atoms with Gasteiger partial charge in [0, 0.05) is 5.70 Å². The van der Waals surface area contributed by atoms with E-state index in [4.69, 9.17) is 11.5 Å². The Kier molecular flexibility index (Phi) is 6.65. The van der Waals surface area contributed by atoms with Gasteiger partial charge in [0.25, 0.3) is 0 Å². The molecule has 0 spiro atoms. The molecular weight excluding hydrogens is 244 g/mol. The summed E-state index contributed by atoms with van der Waals surface area (Å²) in [6.07, 6.45) is 16.7. The Hall–Kier alpha value is -0.760. The van der Waals surface area contributed by atoms with Crippen molar-refractivity contribution in [2.75, 3.05) is 6.54 Å². The highest BCUT2D eigenvalue weighted by Gasteiger charge is 2.17. The first kappa shape index (κ1) is 15.6. The van der Waals surface area contributed by atoms with E-state index in [1.165, 1.54) is 81.9 Å². The summed E-state index contributed by atoms with van der Waals surface area (Å²) in [7, 11) is 0. The third-order valence-corrected chi connectivity index (χ3v) is 4.93. The first-order valence-corrected chi connectivity index (χ1v) is 8.71. The Morgan fingerprint density at radius 3 is 1.85 bits per heavy atom. The molecular formula is C18H32N2. The average Bonchev–Trinajstić information content (AvgIpc) is 2.53. The first-order valence-electron chi connectivity index (χ1n) is 8.71. The zero-order valence-corrected chi connectivity index (χ0v) is 13.1. The summed E-state index contributed by atoms with van der Waals surface area (Å²) >= 11 is 0. The molecule has 2 aliphatic carbocycles. The topological polar surface area (TPSA) is 52.0 Å². The Morgan fingerprint density at radius 1 is 0.750 bits per heavy atom. The lowest BCUT2D eigenvalue weighted by Crippen LogP contribution is -2.12. The van der Waals surface area contributed by atoms with E-state index in [0.717, 1.165) is 19.4 Å². The van der Waals surface area contributed by atoms with Crippen LogP contribution in [0.3, 0.4) is 0 Å². The number of nitrogens with two attached hydrogens (primary N) is 2. The Labute approximate surface area is 124 Å². The van der Waals surface area contributed by atoms with Crippen molar-refractivity contribution in [3.05, 3.63) is 22.4 Å². The van der Waals surface area contributed by atoms with E-state index in [9.17, 15) is 0 Å². The number of unbranched alkanes of at least 4 members (excludes halogenated alkanes) is 1. The van der Waals surface area contributed by atoms with Crippen molar-refractivity contribution in [1.82, 2.24) is 0 Å². The number of hydrogen-bond donors (Lipinski definition) is 2. The Bertz CT molecular complexity index is 350. The Balaban J connectivity index is 2.15. The van der Waals surface area contributed by atoms with Crippen molar-refractivity contribution < 1.29 is 0 Å². The van der Waals surface area contributed by atoms with Crippen molar-refractivity contribution in [2.45, 2.75) is 83.5 Å². The average molecular weight is 276 g/mol. The molecule has 0 atom stereocenters. The van der Waals surface area contributed by atoms with E-state index in [1.807, 2.05) is 0 Å². The second kappa shape index (κ2) is 8.51. The maximum absolute atomic E-state index is 6.60. The first-order chi connectivity index (χ1) is 9.83. The van der Waals surface area contributed by atoms with Gasteiger partial charge in [0.1, 0.15) is 0 Å². The van der Waals surface area contributed by atoms with Crippen LogP contribution in [0.15, 0.2) is 22.4 Å². The summed E-state index contributed by atoms with van der Waals surface area (Å²) in [4.78, 5) is 0. The van der Waals surface area contributed by atoms with Gasteiger partial charge in [-0.15, -0.1) is 0 Å². The molecule has 0 unspecified atom stereocenters. The highest BCUT2D eigenvalue weighted by atomic mass is 14.6. The minimum absolute atomic E-state index is 0.805. The third-order valence-electron chi connectivity index (χ3n) is 4.93. The highest BCUT2D eigenvalue weighted by molar-refractivity contribution is 5.37. The molecule has 0 amide bonds. The van der Waals surface area contributed by atoms with E-state index in [0.29, 0.717) is 0 Å². The van der Waals surface area contributed by atoms with E-state index in [-0.39, 0.29) is 0 Å². The lowest BCUT2D eigenvalue weighted by atomic mass is 9.84. The normalized spacial score (nSPS) is 20.1. The fourth-order valence-corrected chi connectivity index (χ4v) is 3.69. The van der Waals surface area contributed by atoms with Gasteiger partial charge in [0.2, 0.25) is 0 Å². The SMILES string of the molecule is NCCCCC(=C1CCCCC1)C(N)=C1CCCCC1. The van der Waals surface area contributed by atoms with Gasteiger partial charge in [-0.25, -0.2) is 0 Å². The van der Waals surface area contributed by atoms with Crippen LogP contribution in [0.4, 0.5) is 0 Å². The monoisotopic (exact) mass is 276 g/mol. The molecule has 2 heteroatoms. The van der Waals surface area contributed by atoms with Gasteiger partial charge >= 0.3 is 0 Å². The smallest absolute Gasteiger partial charge is 0.0337 e. The summed E-state index contributed by atoms with van der Waals surface area (Å²) in [5.41, 5.74) is 18.2. The molecule has 0 radical (unpaired) electrons. The van der Waals surface area contributed by atoms with Crippen molar-refractivity contribution in [3.63, 3.8) is 0 Å². The van der Waals surface area contributed by atoms with Crippen molar-refractivity contribution in [3.8, 4) is 0 Å². The summed E-state index contributed by atoms with van der Waals surface area (Å²) in [6, 6.07) is 0. The van der Waals surface area contributed by atoms with Crippen LogP contribution in [0.1, 0.15) is 83.5 Å². The largest absolute Gasteiger partial charge is 0.399 e. The molecule has 4 N–H and O–H groups in total. The molecule has 0 aromatic heterocycles. The lowest BCUT2D eigenvalue weighted by molar-refractivity contribution is 0.578. The fourth-order valence-electron chi connectivity index (χ4n) is 3.69. The molecule has 0 aromatic rings. The molecule has 0 aromatic carbocycles. The molecule has 0 bridgehead atoms. The van der Waals surface area contributed by atoms with Gasteiger partial charge in [-0.2, -0.15) is 0 Å². The van der Waals surface area contributed by atoms with Gasteiger partial charge in [0.05, 0.1) is 0 Å². The highest BCUT2D eigenvalue weighted by Crippen LogP contribution is 2.34. The molecule has 114 valence electrons. The predicted molar refractivity (Wildman–Crippen MR) is 87.3 cm³/mol. The molecule has 2 fully saturated rings. The summed E-state index contributed by atoms with van der Waals surface area (Å²) in [5.74, 6) is 0. The van der Waals surface area contributed by atoms with Gasteiger partial charge in [-0.05, 0) is 88.3 Å². The molecule has 20 heavy (non-hydrogen) atoms. The maximum atomic E-state index is 6.60. The van der Waals surface area contributed by atoms with E-state index in [1.54, 1.807) is 11.1 Å². The van der Waals surface area contributed by atoms with Crippen molar-refractivity contribution in [1.29, 1.82) is 0 Å². The minimum atomic E-state index is 0.805. The zero-order chi connectivity index (χ0) is 14.2. The van der Waals surface area contributed by atoms with Crippen LogP contribution >= 0.6 is 0 Å². The van der Waals surface area contributed by atoms with Crippen LogP contribution in [0.2, 0.25) is 0 Å². The molecule has 2 aliphatic rings. The lowest BCUT2D eigenvalue weighted by Gasteiger charge is -2.24. The van der Waals surface area contributed by atoms with Crippen LogP contribution in [0, 0.1) is 0 Å². The maximum Gasteiger partial charge on any atom is 0.0337 e. The van der Waals surface area contributed by atoms with Crippen LogP contribution < -0.4 is 11.5 Å². The van der Waals surface area contributed by atoms with Crippen molar-refractivity contribution in [2.24, 2.45) is 11.5 Å². The van der Waals surface area contributed by atoms with Crippen LogP contribution in [0.5, 0.6) is 0 Å². The molecule has 0 saturated heterocycles. The van der Waals surface area contributed by atoms with Gasteiger partial charge in [-0.3, -0.25) is 0 Å². The van der Waals surface area contributed by atoms with Crippen molar-refractivity contribution >= 4 is 0 Å².